The van der Waals surface area contributed by atoms with E-state index in [-0.39, 0.29) is 0 Å². The highest BCUT2D eigenvalue weighted by Gasteiger charge is 2.34. The molecule has 0 bridgehead atoms. The number of allylic oxidation sites excluding steroid dienone is 1. The number of rotatable bonds is 6. The molecule has 0 spiro atoms. The summed E-state index contributed by atoms with van der Waals surface area (Å²) < 4.78 is 27.9. The number of halogens is 2. The van der Waals surface area contributed by atoms with Crippen molar-refractivity contribution in [2.45, 2.75) is 104 Å². The molecule has 0 nitrogen and oxygen atoms in total. The first-order valence-corrected chi connectivity index (χ1v) is 13.7. The molecule has 0 amide bonds. The molecular weight excluding hydrogens is 398 g/mol. The topological polar surface area (TPSA) is 0 Å². The molecule has 0 unspecified atom stereocenters. The van der Waals surface area contributed by atoms with E-state index in [1.54, 1.807) is 19.1 Å². The van der Waals surface area contributed by atoms with Gasteiger partial charge in [0.25, 0.3) is 0 Å². The monoisotopic (exact) mass is 442 g/mol. The summed E-state index contributed by atoms with van der Waals surface area (Å²) in [6.45, 7) is 3.95. The van der Waals surface area contributed by atoms with Crippen LogP contribution in [0.3, 0.4) is 0 Å². The first-order chi connectivity index (χ1) is 15.5. The SMILES string of the molecule is CCCC1CCC(C2CCC(C3CCC(/C=C/c4ccc(C)c(F)c4F)CC3)CC2)CC1. The second-order valence-corrected chi connectivity index (χ2v) is 11.4. The third kappa shape index (κ3) is 5.84. The van der Waals surface area contributed by atoms with E-state index in [1.165, 1.54) is 89.9 Å². The largest absolute Gasteiger partial charge is 0.203 e. The lowest BCUT2D eigenvalue weighted by Crippen LogP contribution is -2.29. The fourth-order valence-corrected chi connectivity index (χ4v) is 7.28. The molecule has 1 aromatic rings. The van der Waals surface area contributed by atoms with Crippen LogP contribution in [0.15, 0.2) is 18.2 Å². The molecule has 3 saturated carbocycles. The standard InChI is InChI=1S/C30H44F2/c1-3-4-22-6-12-24(13-7-22)26-17-19-27(20-18-26)25-14-8-23(9-15-25)10-16-28-11-5-21(2)29(31)30(28)32/h5,10-11,16,22-27H,3-4,6-9,12-15,17-20H2,1-2H3/b16-10+. The molecule has 0 atom stereocenters. The minimum atomic E-state index is -0.708. The van der Waals surface area contributed by atoms with Crippen molar-refractivity contribution in [2.75, 3.05) is 0 Å². The normalized spacial score (nSPS) is 34.1. The second-order valence-electron chi connectivity index (χ2n) is 11.4. The van der Waals surface area contributed by atoms with Crippen LogP contribution in [-0.2, 0) is 0 Å². The Morgan fingerprint density at radius 1 is 0.719 bits per heavy atom. The van der Waals surface area contributed by atoms with E-state index in [1.807, 2.05) is 6.08 Å². The summed E-state index contributed by atoms with van der Waals surface area (Å²) in [6.07, 6.45) is 23.7. The van der Waals surface area contributed by atoms with Crippen molar-refractivity contribution in [1.29, 1.82) is 0 Å². The molecule has 32 heavy (non-hydrogen) atoms. The molecule has 4 rings (SSSR count). The summed E-state index contributed by atoms with van der Waals surface area (Å²) in [7, 11) is 0. The molecule has 0 N–H and O–H groups in total. The van der Waals surface area contributed by atoms with E-state index in [0.717, 1.165) is 29.6 Å². The van der Waals surface area contributed by atoms with Gasteiger partial charge in [-0.3, -0.25) is 0 Å². The Hall–Kier alpha value is -1.18. The van der Waals surface area contributed by atoms with E-state index in [4.69, 9.17) is 0 Å². The molecule has 0 aliphatic heterocycles. The lowest BCUT2D eigenvalue weighted by atomic mass is 9.65. The van der Waals surface area contributed by atoms with E-state index < -0.39 is 11.6 Å². The third-order valence-corrected chi connectivity index (χ3v) is 9.41. The summed E-state index contributed by atoms with van der Waals surface area (Å²) in [4.78, 5) is 0. The van der Waals surface area contributed by atoms with Gasteiger partial charge in [-0.1, -0.05) is 56.9 Å². The average Bonchev–Trinajstić information content (AvgIpc) is 2.83. The smallest absolute Gasteiger partial charge is 0.166 e. The van der Waals surface area contributed by atoms with Gasteiger partial charge in [0.15, 0.2) is 11.6 Å². The van der Waals surface area contributed by atoms with Gasteiger partial charge in [-0.15, -0.1) is 0 Å². The van der Waals surface area contributed by atoms with Crippen LogP contribution in [-0.4, -0.2) is 0 Å². The van der Waals surface area contributed by atoms with E-state index in [2.05, 4.69) is 13.0 Å². The Bertz CT molecular complexity index is 742. The van der Waals surface area contributed by atoms with Crippen molar-refractivity contribution in [3.63, 3.8) is 0 Å². The van der Waals surface area contributed by atoms with Crippen molar-refractivity contribution in [3.8, 4) is 0 Å². The molecule has 0 heterocycles. The quantitative estimate of drug-likeness (QED) is 0.411. The van der Waals surface area contributed by atoms with Gasteiger partial charge in [-0.2, -0.15) is 0 Å². The van der Waals surface area contributed by atoms with Crippen molar-refractivity contribution in [1.82, 2.24) is 0 Å². The summed E-state index contributed by atoms with van der Waals surface area (Å²) in [5.74, 6) is 4.01. The van der Waals surface area contributed by atoms with Gasteiger partial charge in [-0.25, -0.2) is 8.78 Å². The molecule has 3 fully saturated rings. The van der Waals surface area contributed by atoms with Crippen LogP contribution in [0, 0.1) is 54.1 Å². The summed E-state index contributed by atoms with van der Waals surface area (Å²) in [5.41, 5.74) is 0.760. The van der Waals surface area contributed by atoms with Crippen LogP contribution in [0.4, 0.5) is 8.78 Å². The van der Waals surface area contributed by atoms with Crippen molar-refractivity contribution >= 4 is 6.08 Å². The van der Waals surface area contributed by atoms with E-state index in [0.29, 0.717) is 17.0 Å². The van der Waals surface area contributed by atoms with Crippen LogP contribution in [0.2, 0.25) is 0 Å². The Balaban J connectivity index is 1.19. The van der Waals surface area contributed by atoms with Crippen LogP contribution >= 0.6 is 0 Å². The minimum absolute atomic E-state index is 0.374. The molecule has 2 heteroatoms. The van der Waals surface area contributed by atoms with E-state index in [9.17, 15) is 8.78 Å². The predicted molar refractivity (Wildman–Crippen MR) is 131 cm³/mol. The van der Waals surface area contributed by atoms with Crippen molar-refractivity contribution in [2.24, 2.45) is 35.5 Å². The Kier molecular flexibility index (Phi) is 8.46. The summed E-state index contributed by atoms with van der Waals surface area (Å²) >= 11 is 0. The molecular formula is C30H44F2. The molecule has 1 aromatic carbocycles. The number of hydrogen-bond acceptors (Lipinski definition) is 0. The van der Waals surface area contributed by atoms with Crippen LogP contribution in [0.25, 0.3) is 6.08 Å². The fraction of sp³-hybridized carbons (Fsp3) is 0.733. The maximum absolute atomic E-state index is 14.1. The first-order valence-electron chi connectivity index (χ1n) is 13.7. The Morgan fingerprint density at radius 3 is 1.75 bits per heavy atom. The second kappa shape index (κ2) is 11.3. The summed E-state index contributed by atoms with van der Waals surface area (Å²) in [6, 6.07) is 3.37. The minimum Gasteiger partial charge on any atom is -0.203 e. The zero-order valence-corrected chi connectivity index (χ0v) is 20.4. The van der Waals surface area contributed by atoms with Gasteiger partial charge in [0, 0.05) is 5.56 Å². The number of benzene rings is 1. The highest BCUT2D eigenvalue weighted by molar-refractivity contribution is 5.51. The Labute approximate surface area is 195 Å². The predicted octanol–water partition coefficient (Wildman–Crippen LogP) is 9.51. The van der Waals surface area contributed by atoms with Gasteiger partial charge in [-0.05, 0) is 112 Å². The van der Waals surface area contributed by atoms with Crippen molar-refractivity contribution in [3.05, 3.63) is 41.0 Å². The maximum Gasteiger partial charge on any atom is 0.166 e. The van der Waals surface area contributed by atoms with Crippen LogP contribution in [0.1, 0.15) is 108 Å². The molecule has 0 saturated heterocycles. The summed E-state index contributed by atoms with van der Waals surface area (Å²) in [5, 5.41) is 0. The fourth-order valence-electron chi connectivity index (χ4n) is 7.28. The molecule has 3 aliphatic carbocycles. The van der Waals surface area contributed by atoms with Crippen molar-refractivity contribution < 1.29 is 8.78 Å². The highest BCUT2D eigenvalue weighted by Crippen LogP contribution is 2.46. The zero-order chi connectivity index (χ0) is 22.5. The molecule has 0 aromatic heterocycles. The van der Waals surface area contributed by atoms with Gasteiger partial charge in [0.1, 0.15) is 0 Å². The maximum atomic E-state index is 14.1. The van der Waals surface area contributed by atoms with Gasteiger partial charge in [0.2, 0.25) is 0 Å². The third-order valence-electron chi connectivity index (χ3n) is 9.41. The molecule has 178 valence electrons. The Morgan fingerprint density at radius 2 is 1.22 bits per heavy atom. The van der Waals surface area contributed by atoms with E-state index >= 15 is 0 Å². The zero-order valence-electron chi connectivity index (χ0n) is 20.4. The molecule has 3 aliphatic rings. The first kappa shape index (κ1) is 24.0. The lowest BCUT2D eigenvalue weighted by molar-refractivity contribution is 0.107. The number of aryl methyl sites for hydroxylation is 1. The number of hydrogen-bond donors (Lipinski definition) is 0. The molecule has 0 radical (unpaired) electrons. The van der Waals surface area contributed by atoms with Crippen LogP contribution < -0.4 is 0 Å². The van der Waals surface area contributed by atoms with Gasteiger partial charge in [0.05, 0.1) is 0 Å². The van der Waals surface area contributed by atoms with Crippen LogP contribution in [0.5, 0.6) is 0 Å². The highest BCUT2D eigenvalue weighted by atomic mass is 19.2. The average molecular weight is 443 g/mol. The lowest BCUT2D eigenvalue weighted by Gasteiger charge is -2.41. The van der Waals surface area contributed by atoms with Gasteiger partial charge < -0.3 is 0 Å². The van der Waals surface area contributed by atoms with Gasteiger partial charge >= 0.3 is 0 Å².